The molecule has 124 valence electrons. The molecule has 1 unspecified atom stereocenters. The van der Waals surface area contributed by atoms with Crippen LogP contribution in [0.3, 0.4) is 0 Å². The Morgan fingerprint density at radius 1 is 1.25 bits per heavy atom. The molecule has 24 heavy (non-hydrogen) atoms. The zero-order chi connectivity index (χ0) is 16.9. The van der Waals surface area contributed by atoms with Gasteiger partial charge in [-0.05, 0) is 40.0 Å². The van der Waals surface area contributed by atoms with Crippen molar-refractivity contribution in [3.05, 3.63) is 64.4 Å². The summed E-state index contributed by atoms with van der Waals surface area (Å²) >= 11 is 3.33. The second-order valence-corrected chi connectivity index (χ2v) is 6.59. The van der Waals surface area contributed by atoms with E-state index in [1.807, 2.05) is 42.5 Å². The van der Waals surface area contributed by atoms with Gasteiger partial charge in [-0.2, -0.15) is 0 Å². The van der Waals surface area contributed by atoms with Gasteiger partial charge in [0, 0.05) is 17.2 Å². The number of benzene rings is 1. The van der Waals surface area contributed by atoms with Gasteiger partial charge in [-0.25, -0.2) is 4.79 Å². The summed E-state index contributed by atoms with van der Waals surface area (Å²) in [5.74, 6) is -0.260. The fourth-order valence-electron chi connectivity index (χ4n) is 2.70. The molecule has 1 fully saturated rings. The Morgan fingerprint density at radius 2 is 2.04 bits per heavy atom. The van der Waals surface area contributed by atoms with Gasteiger partial charge in [-0.1, -0.05) is 30.3 Å². The first-order valence-electron chi connectivity index (χ1n) is 7.73. The largest absolute Gasteiger partial charge is 0.445 e. The van der Waals surface area contributed by atoms with Crippen LogP contribution in [0.1, 0.15) is 23.6 Å². The number of aromatic nitrogens is 1. The Labute approximate surface area is 148 Å². The average Bonchev–Trinajstić information content (AvgIpc) is 2.61. The van der Waals surface area contributed by atoms with Crippen LogP contribution in [0.15, 0.2) is 53.1 Å². The maximum absolute atomic E-state index is 12.4. The number of Topliss-reactive ketones (excluding diaryl/α,β-unsaturated/α-hetero) is 1. The molecular formula is C18H17BrN2O3. The number of hydrogen-bond acceptors (Lipinski definition) is 4. The van der Waals surface area contributed by atoms with E-state index in [2.05, 4.69) is 20.9 Å². The average molecular weight is 389 g/mol. The minimum absolute atomic E-state index is 0.00673. The smallest absolute Gasteiger partial charge is 0.410 e. The molecule has 1 atom stereocenters. The fraction of sp³-hybridized carbons (Fsp3) is 0.278. The number of halogens is 1. The van der Waals surface area contributed by atoms with Crippen molar-refractivity contribution in [2.45, 2.75) is 18.9 Å². The van der Waals surface area contributed by atoms with E-state index in [0.29, 0.717) is 13.0 Å². The molecule has 1 aliphatic rings. The minimum atomic E-state index is -0.450. The van der Waals surface area contributed by atoms with E-state index in [1.54, 1.807) is 6.20 Å². The molecule has 3 rings (SSSR count). The third kappa shape index (κ3) is 4.00. The summed E-state index contributed by atoms with van der Waals surface area (Å²) in [5.41, 5.74) is 1.67. The van der Waals surface area contributed by atoms with Crippen molar-refractivity contribution in [2.24, 2.45) is 0 Å². The Balaban J connectivity index is 1.55. The molecule has 2 aromatic rings. The number of hydrogen-bond donors (Lipinski definition) is 0. The number of rotatable bonds is 3. The van der Waals surface area contributed by atoms with Gasteiger partial charge in [0.1, 0.15) is 6.61 Å². The number of likely N-dealkylation sites (tertiary alicyclic amines) is 1. The quantitative estimate of drug-likeness (QED) is 0.806. The predicted octanol–water partition coefficient (Wildman–Crippen LogP) is 3.54. The molecule has 2 heterocycles. The monoisotopic (exact) mass is 388 g/mol. The summed E-state index contributed by atoms with van der Waals surface area (Å²) in [6.45, 7) is 0.764. The molecule has 0 bridgehead atoms. The number of carbonyl (C=O) groups excluding carboxylic acids is 2. The zero-order valence-electron chi connectivity index (χ0n) is 13.0. The molecule has 1 aliphatic heterocycles. The van der Waals surface area contributed by atoms with Crippen LogP contribution in [0.2, 0.25) is 0 Å². The van der Waals surface area contributed by atoms with Gasteiger partial charge >= 0.3 is 6.09 Å². The third-order valence-corrected chi connectivity index (χ3v) is 4.46. The molecule has 5 nitrogen and oxygen atoms in total. The van der Waals surface area contributed by atoms with Crippen molar-refractivity contribution in [1.82, 2.24) is 9.88 Å². The van der Waals surface area contributed by atoms with E-state index in [-0.39, 0.29) is 24.9 Å². The van der Waals surface area contributed by atoms with Crippen molar-refractivity contribution in [3.63, 3.8) is 0 Å². The van der Waals surface area contributed by atoms with Crippen LogP contribution in [0.4, 0.5) is 4.79 Å². The topological polar surface area (TPSA) is 59.5 Å². The predicted molar refractivity (Wildman–Crippen MR) is 92.5 cm³/mol. The molecule has 0 N–H and O–H groups in total. The number of carbonyl (C=O) groups is 2. The molecule has 6 heteroatoms. The van der Waals surface area contributed by atoms with Crippen molar-refractivity contribution in [1.29, 1.82) is 0 Å². The molecular weight excluding hydrogens is 372 g/mol. The lowest BCUT2D eigenvalue weighted by Gasteiger charge is -2.29. The molecule has 0 radical (unpaired) electrons. The molecule has 0 saturated carbocycles. The van der Waals surface area contributed by atoms with E-state index < -0.39 is 6.09 Å². The Kier molecular flexibility index (Phi) is 5.25. The highest BCUT2D eigenvalue weighted by Crippen LogP contribution is 2.25. The van der Waals surface area contributed by atoms with Crippen LogP contribution in [0, 0.1) is 0 Å². The lowest BCUT2D eigenvalue weighted by molar-refractivity contribution is -0.123. The van der Waals surface area contributed by atoms with Gasteiger partial charge in [0.05, 0.1) is 18.2 Å². The second kappa shape index (κ2) is 7.57. The first-order valence-corrected chi connectivity index (χ1v) is 8.52. The first kappa shape index (κ1) is 16.6. The Hall–Kier alpha value is -2.21. The summed E-state index contributed by atoms with van der Waals surface area (Å²) in [6.07, 6.45) is 1.80. The van der Waals surface area contributed by atoms with E-state index in [0.717, 1.165) is 15.7 Å². The van der Waals surface area contributed by atoms with Crippen LogP contribution in [-0.4, -0.2) is 34.8 Å². The molecule has 1 saturated heterocycles. The Morgan fingerprint density at radius 3 is 2.71 bits per heavy atom. The number of nitrogens with zero attached hydrogens (tertiary/aromatic N) is 2. The van der Waals surface area contributed by atoms with Gasteiger partial charge in [0.25, 0.3) is 0 Å². The van der Waals surface area contributed by atoms with E-state index >= 15 is 0 Å². The lowest BCUT2D eigenvalue weighted by atomic mass is 9.92. The van der Waals surface area contributed by atoms with Gasteiger partial charge in [-0.15, -0.1) is 0 Å². The van der Waals surface area contributed by atoms with Crippen molar-refractivity contribution >= 4 is 27.8 Å². The maximum atomic E-state index is 12.4. The fourth-order valence-corrected chi connectivity index (χ4v) is 2.93. The van der Waals surface area contributed by atoms with E-state index in [4.69, 9.17) is 4.74 Å². The lowest BCUT2D eigenvalue weighted by Crippen LogP contribution is -2.43. The van der Waals surface area contributed by atoms with Gasteiger partial charge in [0.15, 0.2) is 5.78 Å². The summed E-state index contributed by atoms with van der Waals surface area (Å²) in [6, 6.07) is 13.2. The second-order valence-electron chi connectivity index (χ2n) is 5.67. The summed E-state index contributed by atoms with van der Waals surface area (Å²) in [5, 5.41) is 0. The van der Waals surface area contributed by atoms with Crippen molar-refractivity contribution in [3.8, 4) is 0 Å². The van der Waals surface area contributed by atoms with E-state index in [1.165, 1.54) is 4.90 Å². The summed E-state index contributed by atoms with van der Waals surface area (Å²) in [7, 11) is 0. The van der Waals surface area contributed by atoms with Crippen LogP contribution < -0.4 is 0 Å². The highest BCUT2D eigenvalue weighted by molar-refractivity contribution is 9.10. The minimum Gasteiger partial charge on any atom is -0.445 e. The molecule has 1 amide bonds. The third-order valence-electron chi connectivity index (χ3n) is 3.99. The number of ketones is 1. The molecule has 0 aliphatic carbocycles. The highest BCUT2D eigenvalue weighted by Gasteiger charge is 2.32. The van der Waals surface area contributed by atoms with Gasteiger partial charge in [0.2, 0.25) is 0 Å². The summed E-state index contributed by atoms with van der Waals surface area (Å²) in [4.78, 5) is 30.3. The molecule has 0 spiro atoms. The number of amides is 1. The number of piperidine rings is 1. The zero-order valence-corrected chi connectivity index (χ0v) is 14.6. The highest BCUT2D eigenvalue weighted by atomic mass is 79.9. The van der Waals surface area contributed by atoms with Crippen LogP contribution in [-0.2, 0) is 16.1 Å². The van der Waals surface area contributed by atoms with Crippen LogP contribution in [0.25, 0.3) is 0 Å². The first-order chi connectivity index (χ1) is 11.6. The Bertz CT molecular complexity index is 719. The maximum Gasteiger partial charge on any atom is 0.410 e. The molecule has 1 aromatic carbocycles. The summed E-state index contributed by atoms with van der Waals surface area (Å²) < 4.78 is 6.16. The van der Waals surface area contributed by atoms with Gasteiger partial charge < -0.3 is 9.64 Å². The SMILES string of the molecule is O=C1CN(C(=O)OCc2ccccc2)CCC1c1ccc(Br)cn1. The van der Waals surface area contributed by atoms with Crippen LogP contribution in [0.5, 0.6) is 0 Å². The van der Waals surface area contributed by atoms with Crippen molar-refractivity contribution < 1.29 is 14.3 Å². The van der Waals surface area contributed by atoms with Crippen LogP contribution >= 0.6 is 15.9 Å². The van der Waals surface area contributed by atoms with E-state index in [9.17, 15) is 9.59 Å². The molecule has 1 aromatic heterocycles. The van der Waals surface area contributed by atoms with Crippen molar-refractivity contribution in [2.75, 3.05) is 13.1 Å². The standard InChI is InChI=1S/C18H17BrN2O3/c19-14-6-7-16(20-10-14)15-8-9-21(11-17(15)22)18(23)24-12-13-4-2-1-3-5-13/h1-7,10,15H,8-9,11-12H2. The number of ether oxygens (including phenoxy) is 1. The normalized spacial score (nSPS) is 17.6. The van der Waals surface area contributed by atoms with Gasteiger partial charge in [-0.3, -0.25) is 9.78 Å². The number of pyridine rings is 1.